The SMILES string of the molecule is CCNc1cc(N(CC)CCC#N)nc(C(C)(C)C)n1. The van der Waals surface area contributed by atoms with Crippen molar-refractivity contribution in [2.75, 3.05) is 29.9 Å². The predicted molar refractivity (Wildman–Crippen MR) is 83.0 cm³/mol. The molecule has 5 heteroatoms. The van der Waals surface area contributed by atoms with Gasteiger partial charge in [-0.25, -0.2) is 9.97 Å². The number of anilines is 2. The second-order valence-electron chi connectivity index (χ2n) is 5.70. The molecule has 1 aromatic heterocycles. The van der Waals surface area contributed by atoms with E-state index in [1.165, 1.54) is 0 Å². The maximum absolute atomic E-state index is 8.76. The van der Waals surface area contributed by atoms with Crippen LogP contribution in [0.2, 0.25) is 0 Å². The first-order valence-electron chi connectivity index (χ1n) is 7.17. The lowest BCUT2D eigenvalue weighted by Gasteiger charge is -2.24. The minimum absolute atomic E-state index is 0.102. The summed E-state index contributed by atoms with van der Waals surface area (Å²) in [6, 6.07) is 4.14. The second kappa shape index (κ2) is 7.09. The molecule has 0 spiro atoms. The van der Waals surface area contributed by atoms with Crippen molar-refractivity contribution in [1.29, 1.82) is 5.26 Å². The van der Waals surface area contributed by atoms with Gasteiger partial charge in [0.25, 0.3) is 0 Å². The van der Waals surface area contributed by atoms with E-state index >= 15 is 0 Å². The zero-order valence-electron chi connectivity index (χ0n) is 13.2. The van der Waals surface area contributed by atoms with Crippen LogP contribution in [0.15, 0.2) is 6.07 Å². The highest BCUT2D eigenvalue weighted by molar-refractivity contribution is 5.50. The number of rotatable bonds is 6. The molecule has 1 N–H and O–H groups in total. The van der Waals surface area contributed by atoms with Crippen LogP contribution in [0.5, 0.6) is 0 Å². The van der Waals surface area contributed by atoms with Gasteiger partial charge in [-0.05, 0) is 13.8 Å². The molecule has 0 saturated carbocycles. The van der Waals surface area contributed by atoms with Crippen molar-refractivity contribution in [3.8, 4) is 6.07 Å². The molecular weight excluding hydrogens is 250 g/mol. The van der Waals surface area contributed by atoms with Crippen LogP contribution < -0.4 is 10.2 Å². The van der Waals surface area contributed by atoms with Crippen LogP contribution in [0.1, 0.15) is 46.9 Å². The van der Waals surface area contributed by atoms with Crippen LogP contribution in [-0.4, -0.2) is 29.6 Å². The average Bonchev–Trinajstić information content (AvgIpc) is 2.39. The Bertz CT molecular complexity index is 470. The summed E-state index contributed by atoms with van der Waals surface area (Å²) in [6.45, 7) is 12.8. The molecule has 20 heavy (non-hydrogen) atoms. The standard InChI is InChI=1S/C15H25N5/c1-6-17-12-11-13(20(7-2)10-8-9-16)19-14(18-12)15(3,4)5/h11H,6-8,10H2,1-5H3,(H,17,18,19). The predicted octanol–water partition coefficient (Wildman–Crippen LogP) is 2.95. The fourth-order valence-corrected chi connectivity index (χ4v) is 1.82. The summed E-state index contributed by atoms with van der Waals surface area (Å²) in [4.78, 5) is 11.4. The summed E-state index contributed by atoms with van der Waals surface area (Å²) < 4.78 is 0. The van der Waals surface area contributed by atoms with Gasteiger partial charge in [0.2, 0.25) is 0 Å². The Morgan fingerprint density at radius 1 is 1.30 bits per heavy atom. The van der Waals surface area contributed by atoms with Gasteiger partial charge in [0.05, 0.1) is 12.5 Å². The molecule has 0 bridgehead atoms. The van der Waals surface area contributed by atoms with Crippen LogP contribution in [0.25, 0.3) is 0 Å². The fourth-order valence-electron chi connectivity index (χ4n) is 1.82. The van der Waals surface area contributed by atoms with Gasteiger partial charge in [0, 0.05) is 31.1 Å². The number of hydrogen-bond donors (Lipinski definition) is 1. The molecule has 0 saturated heterocycles. The van der Waals surface area contributed by atoms with E-state index in [4.69, 9.17) is 5.26 Å². The Hall–Kier alpha value is -1.83. The molecule has 0 aliphatic rings. The van der Waals surface area contributed by atoms with E-state index in [1.54, 1.807) is 0 Å². The average molecular weight is 275 g/mol. The number of aromatic nitrogens is 2. The van der Waals surface area contributed by atoms with Crippen LogP contribution in [0.3, 0.4) is 0 Å². The van der Waals surface area contributed by atoms with E-state index in [0.717, 1.165) is 30.5 Å². The Morgan fingerprint density at radius 3 is 2.50 bits per heavy atom. The first-order valence-corrected chi connectivity index (χ1v) is 7.17. The molecule has 0 fully saturated rings. The molecule has 0 aliphatic carbocycles. The first-order chi connectivity index (χ1) is 9.42. The molecule has 5 nitrogen and oxygen atoms in total. The number of nitrogens with one attached hydrogen (secondary N) is 1. The van der Waals surface area contributed by atoms with Gasteiger partial charge < -0.3 is 10.2 Å². The third-order valence-corrected chi connectivity index (χ3v) is 2.94. The summed E-state index contributed by atoms with van der Waals surface area (Å²) in [7, 11) is 0. The fraction of sp³-hybridized carbons (Fsp3) is 0.667. The van der Waals surface area contributed by atoms with Gasteiger partial charge in [0.15, 0.2) is 0 Å². The van der Waals surface area contributed by atoms with Gasteiger partial charge in [-0.15, -0.1) is 0 Å². The second-order valence-corrected chi connectivity index (χ2v) is 5.70. The summed E-state index contributed by atoms with van der Waals surface area (Å²) in [5.41, 5.74) is -0.102. The molecule has 110 valence electrons. The highest BCUT2D eigenvalue weighted by atomic mass is 15.2. The number of hydrogen-bond acceptors (Lipinski definition) is 5. The molecule has 0 atom stereocenters. The third kappa shape index (κ3) is 4.37. The highest BCUT2D eigenvalue weighted by Gasteiger charge is 2.20. The minimum Gasteiger partial charge on any atom is -0.370 e. The third-order valence-electron chi connectivity index (χ3n) is 2.94. The van der Waals surface area contributed by atoms with Crippen LogP contribution >= 0.6 is 0 Å². The Balaban J connectivity index is 3.16. The van der Waals surface area contributed by atoms with Crippen molar-refractivity contribution in [3.05, 3.63) is 11.9 Å². The lowest BCUT2D eigenvalue weighted by atomic mass is 9.96. The summed E-state index contributed by atoms with van der Waals surface area (Å²) in [5, 5.41) is 12.0. The van der Waals surface area contributed by atoms with E-state index in [9.17, 15) is 0 Å². The van der Waals surface area contributed by atoms with E-state index in [1.807, 2.05) is 13.0 Å². The minimum atomic E-state index is -0.102. The van der Waals surface area contributed by atoms with Gasteiger partial charge in [-0.1, -0.05) is 20.8 Å². The van der Waals surface area contributed by atoms with E-state index in [2.05, 4.69) is 53.9 Å². The van der Waals surface area contributed by atoms with E-state index < -0.39 is 0 Å². The molecule has 0 unspecified atom stereocenters. The van der Waals surface area contributed by atoms with Gasteiger partial charge in [-0.3, -0.25) is 0 Å². The zero-order chi connectivity index (χ0) is 15.2. The molecule has 0 radical (unpaired) electrons. The largest absolute Gasteiger partial charge is 0.370 e. The van der Waals surface area contributed by atoms with Crippen LogP contribution in [0, 0.1) is 11.3 Å². The van der Waals surface area contributed by atoms with Crippen molar-refractivity contribution in [2.45, 2.75) is 46.5 Å². The molecule has 1 heterocycles. The Labute approximate surface area is 122 Å². The monoisotopic (exact) mass is 275 g/mol. The van der Waals surface area contributed by atoms with Crippen molar-refractivity contribution >= 4 is 11.6 Å². The van der Waals surface area contributed by atoms with Gasteiger partial charge >= 0.3 is 0 Å². The highest BCUT2D eigenvalue weighted by Crippen LogP contribution is 2.24. The maximum Gasteiger partial charge on any atom is 0.138 e. The molecule has 0 aliphatic heterocycles. The van der Waals surface area contributed by atoms with Gasteiger partial charge in [0.1, 0.15) is 17.5 Å². The van der Waals surface area contributed by atoms with Crippen LogP contribution in [0.4, 0.5) is 11.6 Å². The van der Waals surface area contributed by atoms with Crippen molar-refractivity contribution < 1.29 is 0 Å². The van der Waals surface area contributed by atoms with Crippen molar-refractivity contribution in [1.82, 2.24) is 9.97 Å². The number of nitrogens with zero attached hydrogens (tertiary/aromatic N) is 4. The topological polar surface area (TPSA) is 64.8 Å². The molecule has 1 rings (SSSR count). The lowest BCUT2D eigenvalue weighted by molar-refractivity contribution is 0.544. The summed E-state index contributed by atoms with van der Waals surface area (Å²) in [6.07, 6.45) is 0.499. The van der Waals surface area contributed by atoms with E-state index in [-0.39, 0.29) is 5.41 Å². The molecular formula is C15H25N5. The van der Waals surface area contributed by atoms with Gasteiger partial charge in [-0.2, -0.15) is 5.26 Å². The summed E-state index contributed by atoms with van der Waals surface area (Å²) >= 11 is 0. The summed E-state index contributed by atoms with van der Waals surface area (Å²) in [5.74, 6) is 2.55. The molecule has 0 amide bonds. The Morgan fingerprint density at radius 2 is 2.00 bits per heavy atom. The van der Waals surface area contributed by atoms with Crippen LogP contribution in [-0.2, 0) is 5.41 Å². The zero-order valence-corrected chi connectivity index (χ0v) is 13.2. The molecule has 1 aromatic rings. The van der Waals surface area contributed by atoms with Crippen molar-refractivity contribution in [2.24, 2.45) is 0 Å². The Kier molecular flexibility index (Phi) is 5.75. The van der Waals surface area contributed by atoms with Crippen molar-refractivity contribution in [3.63, 3.8) is 0 Å². The lowest BCUT2D eigenvalue weighted by Crippen LogP contribution is -2.27. The molecule has 0 aromatic carbocycles. The quantitative estimate of drug-likeness (QED) is 0.864. The maximum atomic E-state index is 8.76. The first kappa shape index (κ1) is 16.2. The normalized spacial score (nSPS) is 11.0. The van der Waals surface area contributed by atoms with E-state index in [0.29, 0.717) is 13.0 Å². The number of nitriles is 1. The smallest absolute Gasteiger partial charge is 0.138 e.